The van der Waals surface area contributed by atoms with E-state index in [1.165, 1.54) is 27.8 Å². The van der Waals surface area contributed by atoms with Crippen molar-refractivity contribution >= 4 is 28.7 Å². The number of rotatable bonds is 3. The third kappa shape index (κ3) is 3.35. The van der Waals surface area contributed by atoms with Crippen molar-refractivity contribution in [3.8, 4) is 0 Å². The topological polar surface area (TPSA) is 10.4 Å². The second-order valence-corrected chi connectivity index (χ2v) is 7.06. The van der Waals surface area contributed by atoms with E-state index in [-0.39, 0.29) is 0 Å². The molecule has 1 aliphatic heterocycles. The van der Waals surface area contributed by atoms with Gasteiger partial charge in [0.05, 0.1) is 11.1 Å². The number of likely N-dealkylation sites (N-methyl/N-ethyl adjacent to an activating group) is 1. The molecule has 0 unspecified atom stereocenters. The van der Waals surface area contributed by atoms with Gasteiger partial charge in [0.1, 0.15) is 7.05 Å². The van der Waals surface area contributed by atoms with Crippen molar-refractivity contribution in [3.63, 3.8) is 0 Å². The summed E-state index contributed by atoms with van der Waals surface area (Å²) in [5.74, 6) is 0. The van der Waals surface area contributed by atoms with Gasteiger partial charge in [0.15, 0.2) is 0 Å². The average Bonchev–Trinajstić information content (AvgIpc) is 2.69. The lowest BCUT2D eigenvalue weighted by Crippen LogP contribution is -2.45. The molecule has 2 aromatic carbocycles. The van der Waals surface area contributed by atoms with Gasteiger partial charge in [-0.1, -0.05) is 42.5 Å². The molecule has 26 heavy (non-hydrogen) atoms. The molecular weight excluding hydrogens is 318 g/mol. The van der Waals surface area contributed by atoms with Gasteiger partial charge in [-0.2, -0.15) is 4.57 Å². The van der Waals surface area contributed by atoms with Gasteiger partial charge in [-0.25, -0.2) is 0 Å². The van der Waals surface area contributed by atoms with Gasteiger partial charge >= 0.3 is 0 Å². The highest BCUT2D eigenvalue weighted by molar-refractivity contribution is 5.91. The lowest BCUT2D eigenvalue weighted by atomic mass is 10.1. The predicted molar refractivity (Wildman–Crippen MR) is 110 cm³/mol. The van der Waals surface area contributed by atoms with Crippen LogP contribution < -0.4 is 9.47 Å². The first kappa shape index (κ1) is 16.8. The number of benzene rings is 2. The fraction of sp³-hybridized carbons (Fsp3) is 0.261. The highest BCUT2D eigenvalue weighted by Crippen LogP contribution is 2.27. The predicted octanol–water partition coefficient (Wildman–Crippen LogP) is 3.59. The molecule has 0 N–H and O–H groups in total. The summed E-state index contributed by atoms with van der Waals surface area (Å²) in [6, 6.07) is 21.6. The number of hydrogen-bond acceptors (Lipinski definition) is 2. The Morgan fingerprint density at radius 3 is 2.31 bits per heavy atom. The molecule has 0 aliphatic carbocycles. The highest BCUT2D eigenvalue weighted by Gasteiger charge is 2.21. The molecule has 0 spiro atoms. The molecule has 0 bridgehead atoms. The summed E-state index contributed by atoms with van der Waals surface area (Å²) in [7, 11) is 4.36. The number of anilines is 1. The smallest absolute Gasteiger partial charge is 0.214 e. The minimum Gasteiger partial charge on any atom is -0.368 e. The Labute approximate surface area is 155 Å². The largest absolute Gasteiger partial charge is 0.368 e. The number of piperazine rings is 1. The minimum atomic E-state index is 1.08. The van der Waals surface area contributed by atoms with E-state index >= 15 is 0 Å². The van der Waals surface area contributed by atoms with Gasteiger partial charge < -0.3 is 9.80 Å². The van der Waals surface area contributed by atoms with Crippen molar-refractivity contribution in [2.24, 2.45) is 7.05 Å². The number of para-hydroxylation sites is 1. The third-order valence-corrected chi connectivity index (χ3v) is 5.30. The Kier molecular flexibility index (Phi) is 4.72. The lowest BCUT2D eigenvalue weighted by Gasteiger charge is -2.34. The summed E-state index contributed by atoms with van der Waals surface area (Å²) in [5.41, 5.74) is 5.07. The maximum absolute atomic E-state index is 2.53. The second kappa shape index (κ2) is 7.30. The van der Waals surface area contributed by atoms with E-state index in [4.69, 9.17) is 0 Å². The zero-order chi connectivity index (χ0) is 17.9. The zero-order valence-corrected chi connectivity index (χ0v) is 15.6. The number of aryl methyl sites for hydroxylation is 1. The van der Waals surface area contributed by atoms with Crippen molar-refractivity contribution < 1.29 is 4.57 Å². The molecule has 2 heterocycles. The molecule has 0 atom stereocenters. The van der Waals surface area contributed by atoms with Crippen molar-refractivity contribution in [1.82, 2.24) is 4.90 Å². The number of nitrogens with zero attached hydrogens (tertiary/aromatic N) is 3. The fourth-order valence-corrected chi connectivity index (χ4v) is 3.65. The van der Waals surface area contributed by atoms with Crippen molar-refractivity contribution in [3.05, 3.63) is 71.9 Å². The van der Waals surface area contributed by atoms with Crippen LogP contribution in [0, 0.1) is 0 Å². The molecule has 1 fully saturated rings. The Hall–Kier alpha value is -2.65. The molecule has 0 amide bonds. The fourth-order valence-electron chi connectivity index (χ4n) is 3.65. The van der Waals surface area contributed by atoms with E-state index in [0.717, 1.165) is 26.2 Å². The first-order valence-corrected chi connectivity index (χ1v) is 9.31. The van der Waals surface area contributed by atoms with Crippen LogP contribution in [-0.4, -0.2) is 38.1 Å². The van der Waals surface area contributed by atoms with Gasteiger partial charge in [-0.15, -0.1) is 0 Å². The summed E-state index contributed by atoms with van der Waals surface area (Å²) in [4.78, 5) is 4.93. The van der Waals surface area contributed by atoms with Crippen LogP contribution in [0.25, 0.3) is 23.1 Å². The Morgan fingerprint density at radius 2 is 1.54 bits per heavy atom. The Balaban J connectivity index is 1.78. The van der Waals surface area contributed by atoms with Crippen LogP contribution in [0.4, 0.5) is 5.69 Å². The van der Waals surface area contributed by atoms with Gasteiger partial charge in [-0.05, 0) is 24.8 Å². The molecule has 3 nitrogen and oxygen atoms in total. The molecule has 0 radical (unpaired) electrons. The first-order chi connectivity index (χ1) is 12.7. The van der Waals surface area contributed by atoms with Crippen LogP contribution in [0.5, 0.6) is 0 Å². The van der Waals surface area contributed by atoms with Crippen LogP contribution in [0.2, 0.25) is 0 Å². The van der Waals surface area contributed by atoms with E-state index in [1.807, 2.05) is 0 Å². The molecule has 132 valence electrons. The lowest BCUT2D eigenvalue weighted by molar-refractivity contribution is -0.646. The number of fused-ring (bicyclic) bond motifs is 1. The summed E-state index contributed by atoms with van der Waals surface area (Å²) >= 11 is 0. The van der Waals surface area contributed by atoms with Crippen molar-refractivity contribution in [1.29, 1.82) is 0 Å². The molecule has 3 heteroatoms. The third-order valence-electron chi connectivity index (χ3n) is 5.30. The van der Waals surface area contributed by atoms with Crippen LogP contribution in [0.1, 0.15) is 11.3 Å². The van der Waals surface area contributed by atoms with Crippen molar-refractivity contribution in [2.75, 3.05) is 38.1 Å². The van der Waals surface area contributed by atoms with Gasteiger partial charge in [0, 0.05) is 44.4 Å². The van der Waals surface area contributed by atoms with Crippen LogP contribution in [-0.2, 0) is 7.05 Å². The second-order valence-electron chi connectivity index (χ2n) is 7.06. The molecule has 1 aliphatic rings. The number of hydrogen-bond donors (Lipinski definition) is 0. The van der Waals surface area contributed by atoms with Crippen molar-refractivity contribution in [2.45, 2.75) is 0 Å². The maximum atomic E-state index is 2.53. The Bertz CT molecular complexity index is 923. The molecular formula is C23H26N3+. The van der Waals surface area contributed by atoms with Gasteiger partial charge in [0.2, 0.25) is 11.2 Å². The minimum absolute atomic E-state index is 1.08. The van der Waals surface area contributed by atoms with E-state index in [9.17, 15) is 0 Å². The highest BCUT2D eigenvalue weighted by atomic mass is 15.2. The number of aromatic nitrogens is 1. The SMILES string of the molecule is CN1CCN(c2cc(/C=C/c3ccccc3)[n+](C)c3ccccc23)CC1. The monoisotopic (exact) mass is 344 g/mol. The average molecular weight is 344 g/mol. The van der Waals surface area contributed by atoms with Gasteiger partial charge in [0.25, 0.3) is 0 Å². The maximum Gasteiger partial charge on any atom is 0.214 e. The van der Waals surface area contributed by atoms with Crippen LogP contribution >= 0.6 is 0 Å². The molecule has 0 saturated carbocycles. The standard InChI is InChI=1S/C23H26N3/c1-24-14-16-26(17-15-24)23-18-20(13-12-19-8-4-3-5-9-19)25(2)22-11-7-6-10-21(22)23/h3-13,18H,14-17H2,1-2H3/q+1/b13-12+. The summed E-state index contributed by atoms with van der Waals surface area (Å²) in [5, 5.41) is 1.33. The zero-order valence-electron chi connectivity index (χ0n) is 15.6. The van der Waals surface area contributed by atoms with E-state index < -0.39 is 0 Å². The van der Waals surface area contributed by atoms with E-state index in [2.05, 4.69) is 101 Å². The summed E-state index contributed by atoms with van der Waals surface area (Å²) < 4.78 is 2.29. The number of pyridine rings is 1. The van der Waals surface area contributed by atoms with Crippen LogP contribution in [0.15, 0.2) is 60.7 Å². The molecule has 4 rings (SSSR count). The summed E-state index contributed by atoms with van der Waals surface area (Å²) in [6.45, 7) is 4.39. The molecule has 1 aromatic heterocycles. The molecule has 1 saturated heterocycles. The normalized spacial score (nSPS) is 15.8. The van der Waals surface area contributed by atoms with E-state index in [1.54, 1.807) is 0 Å². The van der Waals surface area contributed by atoms with Gasteiger partial charge in [-0.3, -0.25) is 0 Å². The first-order valence-electron chi connectivity index (χ1n) is 9.31. The summed E-state index contributed by atoms with van der Waals surface area (Å²) in [6.07, 6.45) is 4.42. The van der Waals surface area contributed by atoms with Crippen LogP contribution in [0.3, 0.4) is 0 Å². The molecule has 3 aromatic rings. The van der Waals surface area contributed by atoms with E-state index in [0.29, 0.717) is 0 Å². The Morgan fingerprint density at radius 1 is 0.846 bits per heavy atom. The quantitative estimate of drug-likeness (QED) is 0.672.